The molecule has 47 heavy (non-hydrogen) atoms. The molecule has 3 heteroatoms. The van der Waals surface area contributed by atoms with E-state index in [4.69, 9.17) is 8.83 Å². The van der Waals surface area contributed by atoms with Crippen molar-refractivity contribution in [3.63, 3.8) is 0 Å². The van der Waals surface area contributed by atoms with Crippen molar-refractivity contribution in [2.45, 2.75) is 0 Å². The van der Waals surface area contributed by atoms with Crippen LogP contribution >= 0.6 is 0 Å². The third kappa shape index (κ3) is 4.07. The zero-order valence-corrected chi connectivity index (χ0v) is 25.4. The van der Waals surface area contributed by atoms with Crippen molar-refractivity contribution >= 4 is 82.5 Å². The van der Waals surface area contributed by atoms with Crippen molar-refractivity contribution < 1.29 is 8.83 Å². The normalized spacial score (nSPS) is 11.8. The second kappa shape index (κ2) is 10.1. The smallest absolute Gasteiger partial charge is 0.143 e. The number of hydrogen-bond donors (Lipinski definition) is 0. The summed E-state index contributed by atoms with van der Waals surface area (Å²) in [5.74, 6) is 0. The van der Waals surface area contributed by atoms with Crippen LogP contribution in [-0.4, -0.2) is 0 Å². The first-order valence-corrected chi connectivity index (χ1v) is 15.9. The molecular formula is C44H27NO2. The Kier molecular flexibility index (Phi) is 5.57. The van der Waals surface area contributed by atoms with Crippen LogP contribution in [0.4, 0.5) is 17.1 Å². The van der Waals surface area contributed by atoms with Gasteiger partial charge in [0.2, 0.25) is 0 Å². The Labute approximate surface area is 270 Å². The maximum Gasteiger partial charge on any atom is 0.143 e. The van der Waals surface area contributed by atoms with Crippen LogP contribution in [0.25, 0.3) is 76.5 Å². The highest BCUT2D eigenvalue weighted by Gasteiger charge is 2.19. The van der Waals surface area contributed by atoms with E-state index in [9.17, 15) is 0 Å². The fourth-order valence-electron chi connectivity index (χ4n) is 7.18. The van der Waals surface area contributed by atoms with Crippen molar-refractivity contribution in [3.05, 3.63) is 164 Å². The van der Waals surface area contributed by atoms with E-state index in [2.05, 4.69) is 157 Å². The first kappa shape index (κ1) is 26.0. The first-order chi connectivity index (χ1) is 23.3. The van der Waals surface area contributed by atoms with Crippen LogP contribution < -0.4 is 4.90 Å². The number of hydrogen-bond acceptors (Lipinski definition) is 3. The van der Waals surface area contributed by atoms with Crippen LogP contribution in [0, 0.1) is 0 Å². The van der Waals surface area contributed by atoms with Crippen molar-refractivity contribution in [1.82, 2.24) is 0 Å². The standard InChI is InChI=1S/C44H27NO2/c1-2-11-32(12-3-1)45(33-21-18-29-26-43-39(25-31(29)24-33)36-15-7-9-17-41(36)46-43)40-16-8-6-13-34(40)30-20-22-37-38-23-19-28-10-4-5-14-35(28)44(38)47-42(37)27-30/h1-27H. The molecule has 0 aliphatic rings. The number of para-hydroxylation sites is 3. The molecule has 0 amide bonds. The van der Waals surface area contributed by atoms with Crippen LogP contribution in [0.2, 0.25) is 0 Å². The van der Waals surface area contributed by atoms with E-state index in [0.29, 0.717) is 0 Å². The number of nitrogens with zero attached hydrogens (tertiary/aromatic N) is 1. The second-order valence-electron chi connectivity index (χ2n) is 12.1. The molecule has 0 aliphatic heterocycles. The molecule has 0 atom stereocenters. The van der Waals surface area contributed by atoms with Crippen LogP contribution in [0.5, 0.6) is 0 Å². The summed E-state index contributed by atoms with van der Waals surface area (Å²) in [6.07, 6.45) is 0. The Morgan fingerprint density at radius 3 is 2.02 bits per heavy atom. The summed E-state index contributed by atoms with van der Waals surface area (Å²) >= 11 is 0. The molecule has 0 unspecified atom stereocenters. The van der Waals surface area contributed by atoms with E-state index in [1.54, 1.807) is 0 Å². The summed E-state index contributed by atoms with van der Waals surface area (Å²) in [6.45, 7) is 0. The molecular weight excluding hydrogens is 574 g/mol. The number of fused-ring (bicyclic) bond motifs is 9. The van der Waals surface area contributed by atoms with Crippen molar-refractivity contribution in [1.29, 1.82) is 0 Å². The summed E-state index contributed by atoms with van der Waals surface area (Å²) in [5.41, 5.74) is 9.13. The maximum atomic E-state index is 6.58. The third-order valence-corrected chi connectivity index (χ3v) is 9.41. The SMILES string of the molecule is c1ccc(N(c2ccc3cc4oc5ccccc5c4cc3c2)c2ccccc2-c2ccc3c(c2)oc2c4ccccc4ccc32)cc1. The molecule has 3 nitrogen and oxygen atoms in total. The maximum absolute atomic E-state index is 6.58. The highest BCUT2D eigenvalue weighted by molar-refractivity contribution is 6.15. The molecule has 2 heterocycles. The molecule has 0 fully saturated rings. The lowest BCUT2D eigenvalue weighted by molar-refractivity contribution is 0.669. The van der Waals surface area contributed by atoms with Gasteiger partial charge >= 0.3 is 0 Å². The van der Waals surface area contributed by atoms with Gasteiger partial charge in [0.15, 0.2) is 0 Å². The van der Waals surface area contributed by atoms with E-state index in [1.165, 1.54) is 5.39 Å². The molecule has 10 aromatic rings. The summed E-state index contributed by atoms with van der Waals surface area (Å²) in [4.78, 5) is 2.35. The van der Waals surface area contributed by atoms with E-state index >= 15 is 0 Å². The Hall–Kier alpha value is -6.32. The predicted molar refractivity (Wildman–Crippen MR) is 196 cm³/mol. The molecule has 0 saturated heterocycles. The molecule has 0 aliphatic carbocycles. The molecule has 10 rings (SSSR count). The molecule has 0 saturated carbocycles. The largest absolute Gasteiger partial charge is 0.456 e. The lowest BCUT2D eigenvalue weighted by atomic mass is 9.99. The van der Waals surface area contributed by atoms with Crippen molar-refractivity contribution in [2.24, 2.45) is 0 Å². The predicted octanol–water partition coefficient (Wildman–Crippen LogP) is 12.9. The van der Waals surface area contributed by atoms with Gasteiger partial charge in [-0.15, -0.1) is 0 Å². The Bertz CT molecular complexity index is 2810. The molecule has 2 aromatic heterocycles. The van der Waals surface area contributed by atoms with E-state index in [0.717, 1.165) is 88.2 Å². The van der Waals surface area contributed by atoms with E-state index in [-0.39, 0.29) is 0 Å². The van der Waals surface area contributed by atoms with Gasteiger partial charge in [0.05, 0.1) is 5.69 Å². The lowest BCUT2D eigenvalue weighted by Gasteiger charge is -2.28. The van der Waals surface area contributed by atoms with Crippen LogP contribution in [0.15, 0.2) is 173 Å². The zero-order chi connectivity index (χ0) is 30.9. The van der Waals surface area contributed by atoms with Gasteiger partial charge in [0.25, 0.3) is 0 Å². The Morgan fingerprint density at radius 1 is 0.362 bits per heavy atom. The summed E-state index contributed by atoms with van der Waals surface area (Å²) in [5, 5.41) is 9.15. The fourth-order valence-corrected chi connectivity index (χ4v) is 7.18. The Morgan fingerprint density at radius 2 is 1.09 bits per heavy atom. The number of benzene rings is 8. The van der Waals surface area contributed by atoms with Gasteiger partial charge in [-0.05, 0) is 88.5 Å². The average Bonchev–Trinajstić information content (AvgIpc) is 3.69. The number of anilines is 3. The van der Waals surface area contributed by atoms with Crippen LogP contribution in [0.3, 0.4) is 0 Å². The molecule has 8 aromatic carbocycles. The van der Waals surface area contributed by atoms with E-state index in [1.807, 2.05) is 12.1 Å². The minimum atomic E-state index is 0.886. The van der Waals surface area contributed by atoms with E-state index < -0.39 is 0 Å². The third-order valence-electron chi connectivity index (χ3n) is 9.41. The highest BCUT2D eigenvalue weighted by atomic mass is 16.3. The van der Waals surface area contributed by atoms with Gasteiger partial charge in [-0.1, -0.05) is 97.1 Å². The fraction of sp³-hybridized carbons (Fsp3) is 0. The number of furan rings is 2. The zero-order valence-electron chi connectivity index (χ0n) is 25.4. The summed E-state index contributed by atoms with van der Waals surface area (Å²) in [6, 6.07) is 57.9. The van der Waals surface area contributed by atoms with Gasteiger partial charge in [0.1, 0.15) is 22.3 Å². The lowest BCUT2D eigenvalue weighted by Crippen LogP contribution is -2.11. The minimum Gasteiger partial charge on any atom is -0.456 e. The second-order valence-corrected chi connectivity index (χ2v) is 12.1. The quantitative estimate of drug-likeness (QED) is 0.201. The summed E-state index contributed by atoms with van der Waals surface area (Å²) in [7, 11) is 0. The van der Waals surface area contributed by atoms with Crippen LogP contribution in [-0.2, 0) is 0 Å². The van der Waals surface area contributed by atoms with Gasteiger partial charge in [0, 0.05) is 43.9 Å². The molecule has 0 spiro atoms. The van der Waals surface area contributed by atoms with Crippen LogP contribution in [0.1, 0.15) is 0 Å². The van der Waals surface area contributed by atoms with Gasteiger partial charge < -0.3 is 13.7 Å². The monoisotopic (exact) mass is 601 g/mol. The van der Waals surface area contributed by atoms with Gasteiger partial charge in [-0.3, -0.25) is 0 Å². The molecule has 220 valence electrons. The Balaban J connectivity index is 1.16. The number of rotatable bonds is 4. The van der Waals surface area contributed by atoms with Crippen molar-refractivity contribution in [3.8, 4) is 11.1 Å². The molecule has 0 N–H and O–H groups in total. The first-order valence-electron chi connectivity index (χ1n) is 15.9. The highest BCUT2D eigenvalue weighted by Crippen LogP contribution is 2.44. The van der Waals surface area contributed by atoms with Gasteiger partial charge in [-0.2, -0.15) is 0 Å². The van der Waals surface area contributed by atoms with Gasteiger partial charge in [-0.25, -0.2) is 0 Å². The minimum absolute atomic E-state index is 0.886. The average molecular weight is 602 g/mol. The van der Waals surface area contributed by atoms with Crippen molar-refractivity contribution in [2.75, 3.05) is 4.90 Å². The topological polar surface area (TPSA) is 29.5 Å². The summed E-state index contributed by atoms with van der Waals surface area (Å²) < 4.78 is 12.8. The molecule has 0 bridgehead atoms. The molecule has 0 radical (unpaired) electrons.